The zero-order valence-corrected chi connectivity index (χ0v) is 8.61. The van der Waals surface area contributed by atoms with Crippen LogP contribution in [0.4, 0.5) is 0 Å². The Morgan fingerprint density at radius 3 is 2.36 bits per heavy atom. The van der Waals surface area contributed by atoms with Gasteiger partial charge in [-0.25, -0.2) is 0 Å². The fourth-order valence-corrected chi connectivity index (χ4v) is 1.80. The minimum Gasteiger partial charge on any atom is -0.0613 e. The predicted octanol–water partition coefficient (Wildman–Crippen LogP) is 3.57. The Bertz CT molecular complexity index is 241. The summed E-state index contributed by atoms with van der Waals surface area (Å²) in [6.07, 6.45) is 2.22. The average molecular weight is 213 g/mol. The smallest absolute Gasteiger partial charge is 0.0209 e. The third kappa shape index (κ3) is 2.06. The quantitative estimate of drug-likeness (QED) is 0.704. The Labute approximate surface area is 76.8 Å². The van der Waals surface area contributed by atoms with E-state index in [0.29, 0.717) is 0 Å². The van der Waals surface area contributed by atoms with E-state index in [1.807, 2.05) is 0 Å². The second-order valence-electron chi connectivity index (χ2n) is 2.63. The summed E-state index contributed by atoms with van der Waals surface area (Å²) in [5.41, 5.74) is 2.79. The van der Waals surface area contributed by atoms with Gasteiger partial charge in [0.05, 0.1) is 0 Å². The molecule has 0 aliphatic heterocycles. The number of hydrogen-bond donors (Lipinski definition) is 0. The van der Waals surface area contributed by atoms with Gasteiger partial charge in [0.1, 0.15) is 0 Å². The van der Waals surface area contributed by atoms with Crippen molar-refractivity contribution < 1.29 is 0 Å². The molecule has 1 heteroatoms. The molecule has 1 aromatic rings. The van der Waals surface area contributed by atoms with Crippen molar-refractivity contribution in [3.63, 3.8) is 0 Å². The summed E-state index contributed by atoms with van der Waals surface area (Å²) >= 11 is 3.55. The first kappa shape index (κ1) is 8.79. The van der Waals surface area contributed by atoms with Gasteiger partial charge in [0.15, 0.2) is 0 Å². The van der Waals surface area contributed by atoms with Crippen LogP contribution >= 0.6 is 15.9 Å². The summed E-state index contributed by atoms with van der Waals surface area (Å²) in [6, 6.07) is 6.60. The standard InChI is InChI=1S/C10H13Br/c1-3-8-5-6-9(4-2)10(11)7-8/h5-7H,3-4H2,1-2H3. The van der Waals surface area contributed by atoms with Crippen LogP contribution in [0, 0.1) is 0 Å². The monoisotopic (exact) mass is 212 g/mol. The highest BCUT2D eigenvalue weighted by Gasteiger charge is 1.96. The molecule has 0 aliphatic carbocycles. The van der Waals surface area contributed by atoms with E-state index in [-0.39, 0.29) is 0 Å². The van der Waals surface area contributed by atoms with Crippen LogP contribution in [0.25, 0.3) is 0 Å². The van der Waals surface area contributed by atoms with Gasteiger partial charge in [-0.15, -0.1) is 0 Å². The molecule has 0 unspecified atom stereocenters. The van der Waals surface area contributed by atoms with Crippen molar-refractivity contribution in [2.45, 2.75) is 26.7 Å². The van der Waals surface area contributed by atoms with E-state index < -0.39 is 0 Å². The molecule has 0 saturated heterocycles. The second kappa shape index (κ2) is 3.91. The van der Waals surface area contributed by atoms with E-state index in [2.05, 4.69) is 48.0 Å². The van der Waals surface area contributed by atoms with E-state index in [0.717, 1.165) is 12.8 Å². The second-order valence-corrected chi connectivity index (χ2v) is 3.49. The molecule has 0 N–H and O–H groups in total. The number of rotatable bonds is 2. The average Bonchev–Trinajstić information content (AvgIpc) is 2.04. The lowest BCUT2D eigenvalue weighted by Crippen LogP contribution is -1.85. The van der Waals surface area contributed by atoms with Gasteiger partial charge in [0.25, 0.3) is 0 Å². The number of halogens is 1. The molecule has 0 aromatic heterocycles. The van der Waals surface area contributed by atoms with Gasteiger partial charge < -0.3 is 0 Å². The molecule has 0 nitrogen and oxygen atoms in total. The van der Waals surface area contributed by atoms with E-state index in [4.69, 9.17) is 0 Å². The topological polar surface area (TPSA) is 0 Å². The first-order valence-corrected chi connectivity index (χ1v) is 4.84. The van der Waals surface area contributed by atoms with Crippen molar-refractivity contribution in [2.75, 3.05) is 0 Å². The van der Waals surface area contributed by atoms with Crippen LogP contribution in [0.2, 0.25) is 0 Å². The van der Waals surface area contributed by atoms with Crippen LogP contribution in [-0.2, 0) is 12.8 Å². The van der Waals surface area contributed by atoms with Crippen LogP contribution < -0.4 is 0 Å². The third-order valence-corrected chi connectivity index (χ3v) is 2.64. The summed E-state index contributed by atoms with van der Waals surface area (Å²) in [7, 11) is 0. The minimum absolute atomic E-state index is 1.10. The zero-order chi connectivity index (χ0) is 8.27. The predicted molar refractivity (Wildman–Crippen MR) is 52.9 cm³/mol. The Morgan fingerprint density at radius 2 is 1.91 bits per heavy atom. The third-order valence-electron chi connectivity index (χ3n) is 1.91. The molecule has 0 heterocycles. The van der Waals surface area contributed by atoms with Crippen molar-refractivity contribution >= 4 is 15.9 Å². The first-order chi connectivity index (χ1) is 5.27. The van der Waals surface area contributed by atoms with Gasteiger partial charge in [0, 0.05) is 4.47 Å². The maximum absolute atomic E-state index is 3.55. The molecule has 1 rings (SSSR count). The molecular weight excluding hydrogens is 200 g/mol. The molecule has 0 aliphatic rings. The van der Waals surface area contributed by atoms with E-state index in [1.165, 1.54) is 15.6 Å². The van der Waals surface area contributed by atoms with Gasteiger partial charge in [-0.3, -0.25) is 0 Å². The maximum atomic E-state index is 3.55. The summed E-state index contributed by atoms with van der Waals surface area (Å²) in [5.74, 6) is 0. The fraction of sp³-hybridized carbons (Fsp3) is 0.400. The summed E-state index contributed by atoms with van der Waals surface area (Å²) < 4.78 is 1.25. The zero-order valence-electron chi connectivity index (χ0n) is 7.02. The molecule has 1 aromatic carbocycles. The molecule has 0 spiro atoms. The first-order valence-electron chi connectivity index (χ1n) is 4.05. The summed E-state index contributed by atoms with van der Waals surface area (Å²) in [6.45, 7) is 4.35. The lowest BCUT2D eigenvalue weighted by atomic mass is 10.1. The van der Waals surface area contributed by atoms with E-state index in [1.54, 1.807) is 0 Å². The molecular formula is C10H13Br. The lowest BCUT2D eigenvalue weighted by molar-refractivity contribution is 1.09. The minimum atomic E-state index is 1.10. The van der Waals surface area contributed by atoms with Crippen LogP contribution in [-0.4, -0.2) is 0 Å². The number of hydrogen-bond acceptors (Lipinski definition) is 0. The molecule has 60 valence electrons. The Balaban J connectivity index is 2.99. The lowest BCUT2D eigenvalue weighted by Gasteiger charge is -2.02. The Morgan fingerprint density at radius 1 is 1.18 bits per heavy atom. The van der Waals surface area contributed by atoms with Crippen LogP contribution in [0.15, 0.2) is 22.7 Å². The van der Waals surface area contributed by atoms with Crippen LogP contribution in [0.3, 0.4) is 0 Å². The molecule has 0 radical (unpaired) electrons. The van der Waals surface area contributed by atoms with Gasteiger partial charge >= 0.3 is 0 Å². The molecule has 0 amide bonds. The highest BCUT2D eigenvalue weighted by Crippen LogP contribution is 2.19. The Hall–Kier alpha value is -0.300. The van der Waals surface area contributed by atoms with E-state index >= 15 is 0 Å². The largest absolute Gasteiger partial charge is 0.0613 e. The number of aryl methyl sites for hydroxylation is 2. The van der Waals surface area contributed by atoms with Crippen molar-refractivity contribution in [1.29, 1.82) is 0 Å². The van der Waals surface area contributed by atoms with Gasteiger partial charge in [-0.05, 0) is 30.0 Å². The van der Waals surface area contributed by atoms with Crippen molar-refractivity contribution in [2.24, 2.45) is 0 Å². The maximum Gasteiger partial charge on any atom is 0.0209 e. The molecule has 0 fully saturated rings. The fourth-order valence-electron chi connectivity index (χ4n) is 1.10. The molecule has 11 heavy (non-hydrogen) atoms. The van der Waals surface area contributed by atoms with Crippen molar-refractivity contribution in [1.82, 2.24) is 0 Å². The highest BCUT2D eigenvalue weighted by molar-refractivity contribution is 9.10. The highest BCUT2D eigenvalue weighted by atomic mass is 79.9. The van der Waals surface area contributed by atoms with E-state index in [9.17, 15) is 0 Å². The van der Waals surface area contributed by atoms with Gasteiger partial charge in [0.2, 0.25) is 0 Å². The van der Waals surface area contributed by atoms with Gasteiger partial charge in [-0.2, -0.15) is 0 Å². The van der Waals surface area contributed by atoms with Crippen LogP contribution in [0.1, 0.15) is 25.0 Å². The number of benzene rings is 1. The summed E-state index contributed by atoms with van der Waals surface area (Å²) in [4.78, 5) is 0. The van der Waals surface area contributed by atoms with Crippen molar-refractivity contribution in [3.05, 3.63) is 33.8 Å². The Kier molecular flexibility index (Phi) is 3.13. The molecule has 0 atom stereocenters. The molecule has 0 bridgehead atoms. The van der Waals surface area contributed by atoms with Gasteiger partial charge in [-0.1, -0.05) is 41.9 Å². The molecule has 0 saturated carbocycles. The normalized spacial score (nSPS) is 10.1. The summed E-state index contributed by atoms with van der Waals surface area (Å²) in [5, 5.41) is 0. The van der Waals surface area contributed by atoms with Crippen LogP contribution in [0.5, 0.6) is 0 Å². The SMILES string of the molecule is CCc1ccc(CC)c(Br)c1. The van der Waals surface area contributed by atoms with Crippen molar-refractivity contribution in [3.8, 4) is 0 Å².